The van der Waals surface area contributed by atoms with Crippen LogP contribution in [-0.2, 0) is 15.8 Å². The standard InChI is InChI=1S/C12H19N3O2S/c1-10(8-12(13)14)15(2)18(16,17)9-11-6-4-3-5-7-11/h3-7,10H,8-9H2,1-2H3,(H3,13,14). The van der Waals surface area contributed by atoms with Crippen molar-refractivity contribution in [2.45, 2.75) is 25.1 Å². The monoisotopic (exact) mass is 269 g/mol. The smallest absolute Gasteiger partial charge is 0.218 e. The van der Waals surface area contributed by atoms with E-state index in [0.29, 0.717) is 0 Å². The number of nitrogens with zero attached hydrogens (tertiary/aromatic N) is 1. The van der Waals surface area contributed by atoms with Gasteiger partial charge in [-0.05, 0) is 12.5 Å². The molecule has 0 saturated heterocycles. The van der Waals surface area contributed by atoms with Gasteiger partial charge in [-0.3, -0.25) is 5.41 Å². The second kappa shape index (κ2) is 5.97. The Morgan fingerprint density at radius 2 is 1.94 bits per heavy atom. The summed E-state index contributed by atoms with van der Waals surface area (Å²) in [5.41, 5.74) is 6.04. The third kappa shape index (κ3) is 4.12. The zero-order chi connectivity index (χ0) is 13.8. The van der Waals surface area contributed by atoms with Crippen LogP contribution in [0.1, 0.15) is 18.9 Å². The Morgan fingerprint density at radius 3 is 2.44 bits per heavy atom. The van der Waals surface area contributed by atoms with Crippen molar-refractivity contribution < 1.29 is 8.42 Å². The van der Waals surface area contributed by atoms with E-state index in [9.17, 15) is 8.42 Å². The van der Waals surface area contributed by atoms with E-state index in [-0.39, 0.29) is 24.1 Å². The molecule has 6 heteroatoms. The summed E-state index contributed by atoms with van der Waals surface area (Å²) in [4.78, 5) is 0. The number of nitrogens with two attached hydrogens (primary N) is 1. The van der Waals surface area contributed by atoms with Crippen LogP contribution < -0.4 is 5.73 Å². The van der Waals surface area contributed by atoms with Crippen molar-refractivity contribution in [2.75, 3.05) is 7.05 Å². The van der Waals surface area contributed by atoms with Gasteiger partial charge < -0.3 is 5.73 Å². The SMILES string of the molecule is CC(CC(=N)N)N(C)S(=O)(=O)Cc1ccccc1. The van der Waals surface area contributed by atoms with Crippen LogP contribution in [0, 0.1) is 5.41 Å². The molecule has 5 nitrogen and oxygen atoms in total. The number of hydrogen-bond donors (Lipinski definition) is 2. The lowest BCUT2D eigenvalue weighted by atomic mass is 10.2. The van der Waals surface area contributed by atoms with E-state index < -0.39 is 10.0 Å². The number of amidine groups is 1. The van der Waals surface area contributed by atoms with E-state index in [2.05, 4.69) is 0 Å². The van der Waals surface area contributed by atoms with Crippen LogP contribution >= 0.6 is 0 Å². The molecule has 0 spiro atoms. The van der Waals surface area contributed by atoms with E-state index in [1.54, 1.807) is 19.1 Å². The van der Waals surface area contributed by atoms with Gasteiger partial charge in [0.2, 0.25) is 10.0 Å². The summed E-state index contributed by atoms with van der Waals surface area (Å²) in [5.74, 6) is -0.0451. The molecule has 1 atom stereocenters. The van der Waals surface area contributed by atoms with Gasteiger partial charge in [0.15, 0.2) is 0 Å². The number of benzene rings is 1. The molecule has 0 aliphatic heterocycles. The summed E-state index contributed by atoms with van der Waals surface area (Å²) in [6, 6.07) is 8.71. The molecule has 0 aromatic heterocycles. The van der Waals surface area contributed by atoms with Crippen molar-refractivity contribution in [1.29, 1.82) is 5.41 Å². The summed E-state index contributed by atoms with van der Waals surface area (Å²) < 4.78 is 25.6. The maximum absolute atomic E-state index is 12.1. The molecule has 0 saturated carbocycles. The largest absolute Gasteiger partial charge is 0.388 e. The fourth-order valence-corrected chi connectivity index (χ4v) is 3.05. The van der Waals surface area contributed by atoms with Crippen LogP contribution in [0.25, 0.3) is 0 Å². The van der Waals surface area contributed by atoms with Crippen LogP contribution in [0.2, 0.25) is 0 Å². The average molecular weight is 269 g/mol. The van der Waals surface area contributed by atoms with Crippen LogP contribution in [0.5, 0.6) is 0 Å². The number of hydrogen-bond acceptors (Lipinski definition) is 3. The molecule has 18 heavy (non-hydrogen) atoms. The van der Waals surface area contributed by atoms with E-state index in [4.69, 9.17) is 11.1 Å². The second-order valence-electron chi connectivity index (χ2n) is 4.34. The van der Waals surface area contributed by atoms with Crippen LogP contribution in [0.3, 0.4) is 0 Å². The first kappa shape index (κ1) is 14.7. The first-order valence-electron chi connectivity index (χ1n) is 5.65. The molecule has 0 radical (unpaired) electrons. The van der Waals surface area contributed by atoms with Gasteiger partial charge in [0.1, 0.15) is 0 Å². The molecule has 1 unspecified atom stereocenters. The Kier molecular flexibility index (Phi) is 4.86. The maximum Gasteiger partial charge on any atom is 0.218 e. The highest BCUT2D eigenvalue weighted by Crippen LogP contribution is 2.13. The molecule has 0 fully saturated rings. The minimum atomic E-state index is -3.38. The van der Waals surface area contributed by atoms with Crippen LogP contribution in [0.4, 0.5) is 0 Å². The van der Waals surface area contributed by atoms with Crippen molar-refractivity contribution in [1.82, 2.24) is 4.31 Å². The predicted octanol–water partition coefficient (Wildman–Crippen LogP) is 1.16. The fraction of sp³-hybridized carbons (Fsp3) is 0.417. The first-order chi connectivity index (χ1) is 8.33. The Hall–Kier alpha value is -1.40. The maximum atomic E-state index is 12.1. The lowest BCUT2D eigenvalue weighted by molar-refractivity contribution is 0.395. The molecule has 3 N–H and O–H groups in total. The molecule has 0 heterocycles. The van der Waals surface area contributed by atoms with Crippen molar-refractivity contribution in [3.63, 3.8) is 0 Å². The quantitative estimate of drug-likeness (QED) is 0.600. The van der Waals surface area contributed by atoms with E-state index >= 15 is 0 Å². The van der Waals surface area contributed by atoms with Gasteiger partial charge in [-0.1, -0.05) is 30.3 Å². The van der Waals surface area contributed by atoms with Crippen molar-refractivity contribution in [2.24, 2.45) is 5.73 Å². The third-order valence-electron chi connectivity index (χ3n) is 2.77. The molecular formula is C12H19N3O2S. The minimum Gasteiger partial charge on any atom is -0.388 e. The van der Waals surface area contributed by atoms with Crippen LogP contribution in [0.15, 0.2) is 30.3 Å². The number of rotatable bonds is 6. The highest BCUT2D eigenvalue weighted by atomic mass is 32.2. The molecule has 1 aromatic carbocycles. The fourth-order valence-electron chi connectivity index (χ4n) is 1.61. The molecular weight excluding hydrogens is 250 g/mol. The summed E-state index contributed by atoms with van der Waals surface area (Å²) in [6.45, 7) is 1.74. The molecule has 100 valence electrons. The Morgan fingerprint density at radius 1 is 1.39 bits per heavy atom. The molecule has 1 rings (SSSR count). The molecule has 0 aliphatic carbocycles. The minimum absolute atomic E-state index is 0.00994. The summed E-state index contributed by atoms with van der Waals surface area (Å²) in [7, 11) is -1.86. The van der Waals surface area contributed by atoms with E-state index in [0.717, 1.165) is 5.56 Å². The molecule has 1 aromatic rings. The lowest BCUT2D eigenvalue weighted by Gasteiger charge is -2.23. The topological polar surface area (TPSA) is 87.2 Å². The Balaban J connectivity index is 2.77. The predicted molar refractivity (Wildman–Crippen MR) is 72.8 cm³/mol. The summed E-state index contributed by atoms with van der Waals surface area (Å²) in [6.07, 6.45) is 0.241. The third-order valence-corrected chi connectivity index (χ3v) is 4.70. The van der Waals surface area contributed by atoms with E-state index in [1.807, 2.05) is 18.2 Å². The Labute approximate surface area is 108 Å². The van der Waals surface area contributed by atoms with Gasteiger partial charge in [-0.15, -0.1) is 0 Å². The zero-order valence-electron chi connectivity index (χ0n) is 10.6. The van der Waals surface area contributed by atoms with Gasteiger partial charge in [0.05, 0.1) is 11.6 Å². The Bertz CT molecular complexity index is 499. The highest BCUT2D eigenvalue weighted by Gasteiger charge is 2.23. The molecule has 0 bridgehead atoms. The number of sulfonamides is 1. The summed E-state index contributed by atoms with van der Waals surface area (Å²) in [5, 5.41) is 7.20. The normalized spacial score (nSPS) is 13.5. The van der Waals surface area contributed by atoms with Gasteiger partial charge >= 0.3 is 0 Å². The first-order valence-corrected chi connectivity index (χ1v) is 7.26. The van der Waals surface area contributed by atoms with Gasteiger partial charge in [0.25, 0.3) is 0 Å². The highest BCUT2D eigenvalue weighted by molar-refractivity contribution is 7.88. The molecule has 0 aliphatic rings. The molecule has 0 amide bonds. The summed E-state index contributed by atoms with van der Waals surface area (Å²) >= 11 is 0. The van der Waals surface area contributed by atoms with Crippen molar-refractivity contribution in [3.05, 3.63) is 35.9 Å². The number of nitrogens with one attached hydrogen (secondary N) is 1. The zero-order valence-corrected chi connectivity index (χ0v) is 11.4. The van der Waals surface area contributed by atoms with Gasteiger partial charge in [-0.2, -0.15) is 0 Å². The van der Waals surface area contributed by atoms with Gasteiger partial charge in [-0.25, -0.2) is 12.7 Å². The van der Waals surface area contributed by atoms with Crippen molar-refractivity contribution >= 4 is 15.9 Å². The van der Waals surface area contributed by atoms with Crippen molar-refractivity contribution in [3.8, 4) is 0 Å². The van der Waals surface area contributed by atoms with E-state index in [1.165, 1.54) is 11.4 Å². The average Bonchev–Trinajstić information content (AvgIpc) is 2.27. The van der Waals surface area contributed by atoms with Gasteiger partial charge in [0, 0.05) is 19.5 Å². The lowest BCUT2D eigenvalue weighted by Crippen LogP contribution is -2.38. The van der Waals surface area contributed by atoms with Crippen LogP contribution in [-0.4, -0.2) is 31.6 Å². The second-order valence-corrected chi connectivity index (χ2v) is 6.36.